The number of rotatable bonds is 3. The molecule has 2 nitrogen and oxygen atoms in total. The van der Waals surface area contributed by atoms with Gasteiger partial charge in [-0.2, -0.15) is 0 Å². The van der Waals surface area contributed by atoms with Crippen molar-refractivity contribution in [1.82, 2.24) is 0 Å². The van der Waals surface area contributed by atoms with Crippen molar-refractivity contribution in [3.8, 4) is 0 Å². The summed E-state index contributed by atoms with van der Waals surface area (Å²) in [5.41, 5.74) is 7.62. The summed E-state index contributed by atoms with van der Waals surface area (Å²) < 4.78 is 0. The fourth-order valence-electron chi connectivity index (χ4n) is 2.93. The van der Waals surface area contributed by atoms with Crippen molar-refractivity contribution < 1.29 is 0 Å². The Morgan fingerprint density at radius 1 is 1.37 bits per heavy atom. The van der Waals surface area contributed by atoms with Crippen LogP contribution in [-0.4, -0.2) is 11.0 Å². The third kappa shape index (κ3) is 3.61. The molecule has 3 atom stereocenters. The molecule has 104 valence electrons. The van der Waals surface area contributed by atoms with Crippen molar-refractivity contribution >= 4 is 34.5 Å². The first-order chi connectivity index (χ1) is 8.97. The number of thiocarbonyl (C=S) groups is 1. The van der Waals surface area contributed by atoms with Crippen molar-refractivity contribution in [3.05, 3.63) is 28.8 Å². The van der Waals surface area contributed by atoms with Gasteiger partial charge >= 0.3 is 0 Å². The number of anilines is 1. The first-order valence-electron chi connectivity index (χ1n) is 6.83. The summed E-state index contributed by atoms with van der Waals surface area (Å²) in [6.07, 6.45) is 3.72. The molecule has 0 amide bonds. The van der Waals surface area contributed by atoms with E-state index in [2.05, 4.69) is 19.2 Å². The van der Waals surface area contributed by atoms with Crippen LogP contribution in [0.1, 0.15) is 38.7 Å². The Hall–Kier alpha value is -0.800. The average Bonchev–Trinajstić information content (AvgIpc) is 2.32. The molecule has 0 spiro atoms. The highest BCUT2D eigenvalue weighted by atomic mass is 35.5. The van der Waals surface area contributed by atoms with Crippen LogP contribution >= 0.6 is 23.8 Å². The number of nitrogens with two attached hydrogens (primary N) is 1. The number of nitrogens with one attached hydrogen (secondary N) is 1. The van der Waals surface area contributed by atoms with E-state index in [0.717, 1.165) is 17.2 Å². The van der Waals surface area contributed by atoms with Gasteiger partial charge in [0.25, 0.3) is 0 Å². The fraction of sp³-hybridized carbons (Fsp3) is 0.533. The number of hydrogen-bond donors (Lipinski definition) is 2. The molecule has 0 heterocycles. The molecule has 2 rings (SSSR count). The second kappa shape index (κ2) is 6.10. The van der Waals surface area contributed by atoms with Crippen LogP contribution in [0.2, 0.25) is 5.02 Å². The van der Waals surface area contributed by atoms with Gasteiger partial charge in [0.2, 0.25) is 0 Å². The molecule has 0 bridgehead atoms. The second-order valence-corrected chi connectivity index (χ2v) is 6.58. The third-order valence-corrected chi connectivity index (χ3v) is 4.47. The van der Waals surface area contributed by atoms with Gasteiger partial charge in [-0.3, -0.25) is 0 Å². The highest BCUT2D eigenvalue weighted by Gasteiger charge is 2.25. The predicted molar refractivity (Wildman–Crippen MR) is 86.9 cm³/mol. The molecular formula is C15H21ClN2S. The molecule has 0 radical (unpaired) electrons. The van der Waals surface area contributed by atoms with Gasteiger partial charge in [-0.05, 0) is 49.3 Å². The topological polar surface area (TPSA) is 38.0 Å². The highest BCUT2D eigenvalue weighted by Crippen LogP contribution is 2.32. The van der Waals surface area contributed by atoms with Crippen LogP contribution in [-0.2, 0) is 0 Å². The molecule has 1 aliphatic carbocycles. The lowest BCUT2D eigenvalue weighted by atomic mass is 9.80. The maximum atomic E-state index is 6.07. The van der Waals surface area contributed by atoms with Crippen molar-refractivity contribution in [1.29, 1.82) is 0 Å². The van der Waals surface area contributed by atoms with Gasteiger partial charge in [0.05, 0.1) is 0 Å². The molecular weight excluding hydrogens is 276 g/mol. The quantitative estimate of drug-likeness (QED) is 0.821. The molecule has 1 aliphatic rings. The SMILES string of the molecule is CC1CCC(Nc2cc(Cl)ccc2C(N)=S)C(C)C1. The van der Waals surface area contributed by atoms with Crippen LogP contribution in [0.15, 0.2) is 18.2 Å². The molecule has 0 aliphatic heterocycles. The third-order valence-electron chi connectivity index (χ3n) is 4.02. The van der Waals surface area contributed by atoms with E-state index in [-0.39, 0.29) is 0 Å². The molecule has 1 fully saturated rings. The van der Waals surface area contributed by atoms with Crippen LogP contribution < -0.4 is 11.1 Å². The summed E-state index contributed by atoms with van der Waals surface area (Å²) in [7, 11) is 0. The van der Waals surface area contributed by atoms with Gasteiger partial charge < -0.3 is 11.1 Å². The second-order valence-electron chi connectivity index (χ2n) is 5.70. The molecule has 19 heavy (non-hydrogen) atoms. The maximum absolute atomic E-state index is 6.07. The zero-order valence-electron chi connectivity index (χ0n) is 11.4. The maximum Gasteiger partial charge on any atom is 0.106 e. The fourth-order valence-corrected chi connectivity index (χ4v) is 3.28. The van der Waals surface area contributed by atoms with E-state index in [0.29, 0.717) is 22.0 Å². The first-order valence-corrected chi connectivity index (χ1v) is 7.62. The summed E-state index contributed by atoms with van der Waals surface area (Å²) in [5.74, 6) is 1.48. The van der Waals surface area contributed by atoms with Crippen LogP contribution in [0.25, 0.3) is 0 Å². The molecule has 0 aromatic heterocycles. The molecule has 1 aromatic rings. The predicted octanol–water partition coefficient (Wildman–Crippen LogP) is 4.21. The Kier molecular flexibility index (Phi) is 4.69. The van der Waals surface area contributed by atoms with E-state index >= 15 is 0 Å². The molecule has 0 saturated heterocycles. The standard InChI is InChI=1S/C15H21ClN2S/c1-9-3-6-13(10(2)7-9)18-14-8-11(16)4-5-12(14)15(17)19/h4-5,8-10,13,18H,3,6-7H2,1-2H3,(H2,17,19). The lowest BCUT2D eigenvalue weighted by Crippen LogP contribution is -2.33. The van der Waals surface area contributed by atoms with Crippen LogP contribution in [0.4, 0.5) is 5.69 Å². The zero-order chi connectivity index (χ0) is 14.0. The van der Waals surface area contributed by atoms with Gasteiger partial charge in [0.15, 0.2) is 0 Å². The van der Waals surface area contributed by atoms with Crippen molar-refractivity contribution in [2.75, 3.05) is 5.32 Å². The molecule has 1 aromatic carbocycles. The van der Waals surface area contributed by atoms with Crippen molar-refractivity contribution in [3.63, 3.8) is 0 Å². The van der Waals surface area contributed by atoms with Gasteiger partial charge in [-0.25, -0.2) is 0 Å². The van der Waals surface area contributed by atoms with Gasteiger partial charge in [-0.15, -0.1) is 0 Å². The van der Waals surface area contributed by atoms with Crippen LogP contribution in [0, 0.1) is 11.8 Å². The lowest BCUT2D eigenvalue weighted by Gasteiger charge is -2.34. The normalized spacial score (nSPS) is 27.0. The lowest BCUT2D eigenvalue weighted by molar-refractivity contribution is 0.276. The summed E-state index contributed by atoms with van der Waals surface area (Å²) >= 11 is 11.2. The van der Waals surface area contributed by atoms with Crippen LogP contribution in [0.5, 0.6) is 0 Å². The Bertz CT molecular complexity index is 475. The molecule has 3 unspecified atom stereocenters. The minimum Gasteiger partial charge on any atom is -0.389 e. The van der Waals surface area contributed by atoms with Crippen LogP contribution in [0.3, 0.4) is 0 Å². The van der Waals surface area contributed by atoms with E-state index < -0.39 is 0 Å². The van der Waals surface area contributed by atoms with E-state index in [1.54, 1.807) is 0 Å². The first kappa shape index (κ1) is 14.6. The smallest absolute Gasteiger partial charge is 0.106 e. The van der Waals surface area contributed by atoms with E-state index in [9.17, 15) is 0 Å². The minimum atomic E-state index is 0.413. The van der Waals surface area contributed by atoms with Gasteiger partial charge in [0, 0.05) is 22.3 Å². The highest BCUT2D eigenvalue weighted by molar-refractivity contribution is 7.80. The van der Waals surface area contributed by atoms with Gasteiger partial charge in [-0.1, -0.05) is 37.7 Å². The Morgan fingerprint density at radius 3 is 2.74 bits per heavy atom. The summed E-state index contributed by atoms with van der Waals surface area (Å²) in [6.45, 7) is 4.63. The average molecular weight is 297 g/mol. The Balaban J connectivity index is 2.18. The monoisotopic (exact) mass is 296 g/mol. The van der Waals surface area contributed by atoms with Gasteiger partial charge in [0.1, 0.15) is 4.99 Å². The largest absolute Gasteiger partial charge is 0.389 e. The summed E-state index contributed by atoms with van der Waals surface area (Å²) in [5, 5.41) is 4.30. The molecule has 4 heteroatoms. The number of halogens is 1. The minimum absolute atomic E-state index is 0.413. The van der Waals surface area contributed by atoms with E-state index in [1.807, 2.05) is 18.2 Å². The number of hydrogen-bond acceptors (Lipinski definition) is 2. The van der Waals surface area contributed by atoms with E-state index in [1.165, 1.54) is 19.3 Å². The Labute approximate surface area is 125 Å². The molecule has 1 saturated carbocycles. The molecule has 3 N–H and O–H groups in total. The Morgan fingerprint density at radius 2 is 2.11 bits per heavy atom. The van der Waals surface area contributed by atoms with Crippen molar-refractivity contribution in [2.45, 2.75) is 39.2 Å². The summed E-state index contributed by atoms with van der Waals surface area (Å²) in [6, 6.07) is 6.11. The number of benzene rings is 1. The summed E-state index contributed by atoms with van der Waals surface area (Å²) in [4.78, 5) is 0.413. The zero-order valence-corrected chi connectivity index (χ0v) is 13.0. The van der Waals surface area contributed by atoms with E-state index in [4.69, 9.17) is 29.6 Å². The van der Waals surface area contributed by atoms with Crippen molar-refractivity contribution in [2.24, 2.45) is 17.6 Å².